The van der Waals surface area contributed by atoms with Gasteiger partial charge in [0.05, 0.1) is 12.7 Å². The van der Waals surface area contributed by atoms with Crippen LogP contribution in [0.2, 0.25) is 0 Å². The minimum absolute atomic E-state index is 0. The maximum Gasteiger partial charge on any atom is 0.0824 e. The first-order valence-electron chi connectivity index (χ1n) is 5.61. The van der Waals surface area contributed by atoms with Crippen LogP contribution in [0, 0.1) is 0 Å². The van der Waals surface area contributed by atoms with E-state index in [2.05, 4.69) is 28.4 Å². The number of rotatable bonds is 2. The lowest BCUT2D eigenvalue weighted by Gasteiger charge is -2.37. The summed E-state index contributed by atoms with van der Waals surface area (Å²) in [5.74, 6) is 5.19. The number of nitrogens with two attached hydrogens (primary N) is 1. The predicted molar refractivity (Wildman–Crippen MR) is 83.3 cm³/mol. The molecule has 2 rings (SSSR count). The average Bonchev–Trinajstić information content (AvgIpc) is 2.58. The number of hydrogen-bond donors (Lipinski definition) is 1. The van der Waals surface area contributed by atoms with E-state index in [1.165, 1.54) is 23.0 Å². The third-order valence-electron chi connectivity index (χ3n) is 2.94. The molecule has 2 saturated heterocycles. The van der Waals surface area contributed by atoms with Gasteiger partial charge in [-0.2, -0.15) is 23.5 Å². The highest BCUT2D eigenvalue weighted by atomic mass is 35.5. The molecule has 2 fully saturated rings. The van der Waals surface area contributed by atoms with Gasteiger partial charge in [-0.25, -0.2) is 0 Å². The summed E-state index contributed by atoms with van der Waals surface area (Å²) in [5.41, 5.74) is 5.66. The van der Waals surface area contributed by atoms with E-state index < -0.39 is 0 Å². The fourth-order valence-electron chi connectivity index (χ4n) is 2.03. The molecule has 2 N–H and O–H groups in total. The molecule has 0 aromatic carbocycles. The Bertz CT molecular complexity index is 195. The Hall–Kier alpha value is 1.16. The summed E-state index contributed by atoms with van der Waals surface area (Å²) in [5, 5.41) is 0. The Morgan fingerprint density at radius 3 is 2.41 bits per heavy atom. The standard InChI is InChI=1S/C10H20N2OS2.2ClH/c11-5-10-6-12(1-2-13-10)9-7-14-3-4-15-8-9;;/h9-10H,1-8,11H2;2*1H. The lowest BCUT2D eigenvalue weighted by Crippen LogP contribution is -2.51. The van der Waals surface area contributed by atoms with Gasteiger partial charge in [0.15, 0.2) is 0 Å². The molecule has 0 spiro atoms. The summed E-state index contributed by atoms with van der Waals surface area (Å²) in [7, 11) is 0. The third-order valence-corrected chi connectivity index (χ3v) is 5.43. The van der Waals surface area contributed by atoms with Gasteiger partial charge in [-0.15, -0.1) is 24.8 Å². The van der Waals surface area contributed by atoms with Gasteiger partial charge in [0, 0.05) is 48.7 Å². The SMILES string of the molecule is Cl.Cl.NCC1CN(C2CSCCSC2)CCO1. The number of ether oxygens (including phenoxy) is 1. The van der Waals surface area contributed by atoms with Crippen LogP contribution in [0.1, 0.15) is 0 Å². The van der Waals surface area contributed by atoms with Gasteiger partial charge in [-0.1, -0.05) is 0 Å². The zero-order valence-corrected chi connectivity index (χ0v) is 13.1. The highest BCUT2D eigenvalue weighted by Crippen LogP contribution is 2.21. The van der Waals surface area contributed by atoms with Crippen LogP contribution in [0.25, 0.3) is 0 Å². The second kappa shape index (κ2) is 10.0. The number of thioether (sulfide) groups is 2. The maximum atomic E-state index is 5.66. The van der Waals surface area contributed by atoms with E-state index in [1.807, 2.05) is 0 Å². The van der Waals surface area contributed by atoms with E-state index in [0.29, 0.717) is 6.54 Å². The molecular formula is C10H22Cl2N2OS2. The van der Waals surface area contributed by atoms with E-state index in [4.69, 9.17) is 10.5 Å². The van der Waals surface area contributed by atoms with Crippen molar-refractivity contribution in [3.05, 3.63) is 0 Å². The minimum Gasteiger partial charge on any atom is -0.374 e. The average molecular weight is 321 g/mol. The van der Waals surface area contributed by atoms with Gasteiger partial charge < -0.3 is 10.5 Å². The molecule has 0 amide bonds. The first kappa shape index (κ1) is 18.2. The van der Waals surface area contributed by atoms with Crippen LogP contribution in [0.5, 0.6) is 0 Å². The highest BCUT2D eigenvalue weighted by molar-refractivity contribution is 8.03. The molecule has 0 aromatic rings. The molecule has 3 nitrogen and oxygen atoms in total. The van der Waals surface area contributed by atoms with E-state index >= 15 is 0 Å². The largest absolute Gasteiger partial charge is 0.374 e. The molecule has 1 atom stereocenters. The molecule has 104 valence electrons. The van der Waals surface area contributed by atoms with Gasteiger partial charge in [-0.3, -0.25) is 4.90 Å². The van der Waals surface area contributed by atoms with Crippen molar-refractivity contribution in [1.29, 1.82) is 0 Å². The molecule has 0 aliphatic carbocycles. The van der Waals surface area contributed by atoms with Crippen molar-refractivity contribution in [3.63, 3.8) is 0 Å². The molecule has 7 heteroatoms. The Morgan fingerprint density at radius 2 is 1.82 bits per heavy atom. The van der Waals surface area contributed by atoms with Crippen molar-refractivity contribution < 1.29 is 4.74 Å². The van der Waals surface area contributed by atoms with E-state index in [1.54, 1.807) is 0 Å². The Labute approximate surface area is 125 Å². The Kier molecular flexibility index (Phi) is 10.7. The minimum atomic E-state index is 0. The lowest BCUT2D eigenvalue weighted by atomic mass is 10.2. The van der Waals surface area contributed by atoms with Gasteiger partial charge in [0.25, 0.3) is 0 Å². The fourth-order valence-corrected chi connectivity index (χ4v) is 4.66. The molecule has 2 heterocycles. The summed E-state index contributed by atoms with van der Waals surface area (Å²) in [4.78, 5) is 2.58. The molecule has 1 unspecified atom stereocenters. The molecule has 0 bridgehead atoms. The summed E-state index contributed by atoms with van der Waals surface area (Å²) >= 11 is 4.18. The molecular weight excluding hydrogens is 299 g/mol. The summed E-state index contributed by atoms with van der Waals surface area (Å²) in [6.45, 7) is 3.63. The van der Waals surface area contributed by atoms with Gasteiger partial charge in [0.1, 0.15) is 0 Å². The molecule has 0 radical (unpaired) electrons. The number of morpholine rings is 1. The number of nitrogens with zero attached hydrogens (tertiary/aromatic N) is 1. The van der Waals surface area contributed by atoms with Crippen molar-refractivity contribution in [3.8, 4) is 0 Å². The van der Waals surface area contributed by atoms with E-state index in [9.17, 15) is 0 Å². The second-order valence-electron chi connectivity index (χ2n) is 4.03. The maximum absolute atomic E-state index is 5.66. The Balaban J connectivity index is 0.00000128. The number of halogens is 2. The normalized spacial score (nSPS) is 27.7. The van der Waals surface area contributed by atoms with Crippen molar-refractivity contribution in [2.45, 2.75) is 12.1 Å². The summed E-state index contributed by atoms with van der Waals surface area (Å²) < 4.78 is 5.60. The zero-order valence-electron chi connectivity index (χ0n) is 9.88. The third kappa shape index (κ3) is 5.76. The zero-order chi connectivity index (χ0) is 10.5. The van der Waals surface area contributed by atoms with Crippen LogP contribution in [0.15, 0.2) is 0 Å². The molecule has 2 aliphatic heterocycles. The predicted octanol–water partition coefficient (Wildman–Crippen LogP) is 1.34. The van der Waals surface area contributed by atoms with Gasteiger partial charge in [-0.05, 0) is 0 Å². The van der Waals surface area contributed by atoms with E-state index in [-0.39, 0.29) is 30.9 Å². The van der Waals surface area contributed by atoms with Gasteiger partial charge in [0.2, 0.25) is 0 Å². The molecule has 2 aliphatic rings. The van der Waals surface area contributed by atoms with Crippen LogP contribution in [-0.4, -0.2) is 66.3 Å². The van der Waals surface area contributed by atoms with Crippen molar-refractivity contribution in [2.24, 2.45) is 5.73 Å². The fraction of sp³-hybridized carbons (Fsp3) is 1.00. The van der Waals surface area contributed by atoms with Gasteiger partial charge >= 0.3 is 0 Å². The monoisotopic (exact) mass is 320 g/mol. The summed E-state index contributed by atoms with van der Waals surface area (Å²) in [6.07, 6.45) is 0.261. The second-order valence-corrected chi connectivity index (χ2v) is 6.33. The Morgan fingerprint density at radius 1 is 1.18 bits per heavy atom. The molecule has 0 saturated carbocycles. The molecule has 17 heavy (non-hydrogen) atoms. The smallest absolute Gasteiger partial charge is 0.0824 e. The van der Waals surface area contributed by atoms with Crippen LogP contribution in [-0.2, 0) is 4.74 Å². The van der Waals surface area contributed by atoms with Crippen molar-refractivity contribution in [1.82, 2.24) is 4.90 Å². The number of hydrogen-bond acceptors (Lipinski definition) is 5. The topological polar surface area (TPSA) is 38.5 Å². The quantitative estimate of drug-likeness (QED) is 0.831. The van der Waals surface area contributed by atoms with Crippen LogP contribution in [0.3, 0.4) is 0 Å². The van der Waals surface area contributed by atoms with Crippen LogP contribution >= 0.6 is 48.3 Å². The van der Waals surface area contributed by atoms with Crippen molar-refractivity contribution in [2.75, 3.05) is 49.3 Å². The lowest BCUT2D eigenvalue weighted by molar-refractivity contribution is -0.0322. The van der Waals surface area contributed by atoms with Crippen LogP contribution in [0.4, 0.5) is 0 Å². The van der Waals surface area contributed by atoms with Crippen LogP contribution < -0.4 is 5.73 Å². The van der Waals surface area contributed by atoms with E-state index in [0.717, 1.165) is 25.7 Å². The highest BCUT2D eigenvalue weighted by Gasteiger charge is 2.26. The van der Waals surface area contributed by atoms with Crippen molar-refractivity contribution >= 4 is 48.3 Å². The first-order chi connectivity index (χ1) is 7.40. The first-order valence-corrected chi connectivity index (χ1v) is 7.92. The molecule has 0 aromatic heterocycles. The summed E-state index contributed by atoms with van der Waals surface area (Å²) in [6, 6.07) is 0.737.